The van der Waals surface area contributed by atoms with Crippen LogP contribution in [0.4, 0.5) is 15.3 Å². The number of piperidine rings is 1. The molecule has 4 aromatic heterocycles. The first-order valence-electron chi connectivity index (χ1n) is 12.2. The molecule has 0 aliphatic carbocycles. The number of carbonyl (C=O) groups is 1. The van der Waals surface area contributed by atoms with Crippen LogP contribution in [0.15, 0.2) is 56.5 Å². The van der Waals surface area contributed by atoms with Crippen LogP contribution in [0.1, 0.15) is 40.3 Å². The third kappa shape index (κ3) is 5.87. The maximum Gasteiger partial charge on any atom is 0.273 e. The number of thiazole rings is 1. The Labute approximate surface area is 228 Å². The molecule has 1 amide bonds. The van der Waals surface area contributed by atoms with Gasteiger partial charge in [-0.2, -0.15) is 0 Å². The highest BCUT2D eigenvalue weighted by atomic mass is 32.2. The molecular weight excluding hydrogens is 525 g/mol. The van der Waals surface area contributed by atoms with Crippen LogP contribution in [0.5, 0.6) is 0 Å². The smallest absolute Gasteiger partial charge is 0.273 e. The molecule has 12 heteroatoms. The Balaban J connectivity index is 1.27. The van der Waals surface area contributed by atoms with Gasteiger partial charge in [0.2, 0.25) is 0 Å². The highest BCUT2D eigenvalue weighted by Crippen LogP contribution is 2.37. The molecule has 1 saturated heterocycles. The first-order valence-corrected chi connectivity index (χ1v) is 13.8. The summed E-state index contributed by atoms with van der Waals surface area (Å²) in [5.74, 6) is 0.195. The minimum Gasteiger partial charge on any atom is -0.361 e. The molecule has 5 heterocycles. The predicted octanol–water partition coefficient (Wildman–Crippen LogP) is 4.97. The average molecular weight is 554 g/mol. The van der Waals surface area contributed by atoms with Crippen LogP contribution in [0, 0.1) is 19.7 Å². The minimum atomic E-state index is -0.659. The van der Waals surface area contributed by atoms with Crippen molar-refractivity contribution in [2.45, 2.75) is 41.2 Å². The molecule has 5 rings (SSSR count). The van der Waals surface area contributed by atoms with Crippen LogP contribution in [-0.4, -0.2) is 57.6 Å². The molecule has 198 valence electrons. The summed E-state index contributed by atoms with van der Waals surface area (Å²) in [5, 5.41) is 11.0. The second-order valence-electron chi connectivity index (χ2n) is 9.49. The Kier molecular flexibility index (Phi) is 7.73. The lowest BCUT2D eigenvalue weighted by Gasteiger charge is -2.39. The molecule has 0 aromatic carbocycles. The molecule has 38 heavy (non-hydrogen) atoms. The van der Waals surface area contributed by atoms with E-state index in [1.54, 1.807) is 18.5 Å². The van der Waals surface area contributed by atoms with Gasteiger partial charge in [-0.15, -0.1) is 0 Å². The highest BCUT2D eigenvalue weighted by molar-refractivity contribution is 8.01. The molecule has 0 saturated carbocycles. The summed E-state index contributed by atoms with van der Waals surface area (Å²) in [6.45, 7) is 5.89. The Morgan fingerprint density at radius 1 is 1.18 bits per heavy atom. The van der Waals surface area contributed by atoms with Crippen molar-refractivity contribution in [1.82, 2.24) is 30.3 Å². The minimum absolute atomic E-state index is 0.235. The van der Waals surface area contributed by atoms with Gasteiger partial charge in [-0.1, -0.05) is 28.3 Å². The number of halogens is 1. The van der Waals surface area contributed by atoms with Gasteiger partial charge in [0, 0.05) is 30.4 Å². The molecule has 1 aliphatic heterocycles. The number of hydrogen-bond acceptors (Lipinski definition) is 10. The van der Waals surface area contributed by atoms with Gasteiger partial charge in [-0.25, -0.2) is 19.3 Å². The zero-order valence-corrected chi connectivity index (χ0v) is 23.0. The van der Waals surface area contributed by atoms with Crippen molar-refractivity contribution in [3.8, 4) is 0 Å². The van der Waals surface area contributed by atoms with Crippen LogP contribution in [0.25, 0.3) is 0 Å². The fourth-order valence-electron chi connectivity index (χ4n) is 4.37. The molecule has 1 fully saturated rings. The van der Waals surface area contributed by atoms with E-state index in [2.05, 4.69) is 42.7 Å². The monoisotopic (exact) mass is 553 g/mol. The molecule has 0 atom stereocenters. The molecule has 0 unspecified atom stereocenters. The molecule has 1 aliphatic rings. The summed E-state index contributed by atoms with van der Waals surface area (Å²) >= 11 is 2.57. The zero-order valence-electron chi connectivity index (χ0n) is 21.3. The number of hydrogen-bond donors (Lipinski definition) is 2. The van der Waals surface area contributed by atoms with Crippen LogP contribution in [0.3, 0.4) is 0 Å². The SMILES string of the molecule is Cc1ccnc(Nc2ncc(Sc3ccnc(C(=O)NCC4(c5cc(C)on5)CCN(C)CC4)c3F)s2)c1. The van der Waals surface area contributed by atoms with Gasteiger partial charge in [0.05, 0.1) is 21.0 Å². The maximum absolute atomic E-state index is 15.4. The molecule has 0 radical (unpaired) electrons. The molecular formula is C26H28FN7O2S2. The molecule has 2 N–H and O–H groups in total. The largest absolute Gasteiger partial charge is 0.361 e. The van der Waals surface area contributed by atoms with Gasteiger partial charge in [-0.3, -0.25) is 4.79 Å². The van der Waals surface area contributed by atoms with Gasteiger partial charge >= 0.3 is 0 Å². The first kappa shape index (κ1) is 26.3. The second kappa shape index (κ2) is 11.2. The molecule has 4 aromatic rings. The number of pyridine rings is 2. The van der Waals surface area contributed by atoms with E-state index in [-0.39, 0.29) is 11.1 Å². The third-order valence-electron chi connectivity index (χ3n) is 6.62. The second-order valence-corrected chi connectivity index (χ2v) is 11.9. The lowest BCUT2D eigenvalue weighted by atomic mass is 9.75. The van der Waals surface area contributed by atoms with Crippen molar-refractivity contribution in [2.24, 2.45) is 0 Å². The van der Waals surface area contributed by atoms with Crippen molar-refractivity contribution < 1.29 is 13.7 Å². The first-order chi connectivity index (χ1) is 18.3. The average Bonchev–Trinajstić information content (AvgIpc) is 3.54. The van der Waals surface area contributed by atoms with Crippen LogP contribution >= 0.6 is 23.1 Å². The van der Waals surface area contributed by atoms with Gasteiger partial charge < -0.3 is 20.1 Å². The standard InChI is InChI=1S/C26H28FN7O2S2/c1-16-4-8-28-20(12-16)32-25-30-14-21(38-25)37-18-5-9-29-23(22(18)27)24(35)31-15-26(6-10-34(3)11-7-26)19-13-17(2)36-33-19/h4-5,8-9,12-14H,6-7,10-11,15H2,1-3H3,(H,31,35)(H,28,30,32). The van der Waals surface area contributed by atoms with Crippen LogP contribution in [0.2, 0.25) is 0 Å². The fourth-order valence-corrected chi connectivity index (χ4v) is 6.24. The lowest BCUT2D eigenvalue weighted by Crippen LogP contribution is -2.48. The maximum atomic E-state index is 15.4. The van der Waals surface area contributed by atoms with Crippen molar-refractivity contribution >= 4 is 40.0 Å². The number of amides is 1. The van der Waals surface area contributed by atoms with E-state index in [4.69, 9.17) is 4.52 Å². The number of likely N-dealkylation sites (tertiary alicyclic amines) is 1. The summed E-state index contributed by atoms with van der Waals surface area (Å²) in [5.41, 5.74) is 1.29. The Bertz CT molecular complexity index is 1430. The van der Waals surface area contributed by atoms with Gasteiger partial charge in [-0.05, 0) is 70.6 Å². The van der Waals surface area contributed by atoms with Crippen LogP contribution < -0.4 is 10.6 Å². The molecule has 0 bridgehead atoms. The number of aromatic nitrogens is 4. The number of aryl methyl sites for hydroxylation is 2. The van der Waals surface area contributed by atoms with E-state index in [1.807, 2.05) is 32.0 Å². The Hall–Kier alpha value is -3.35. The predicted molar refractivity (Wildman–Crippen MR) is 145 cm³/mol. The summed E-state index contributed by atoms with van der Waals surface area (Å²) < 4.78 is 21.5. The number of anilines is 2. The van der Waals surface area contributed by atoms with Gasteiger partial charge in [0.25, 0.3) is 5.91 Å². The Morgan fingerprint density at radius 3 is 2.71 bits per heavy atom. The molecule has 9 nitrogen and oxygen atoms in total. The van der Waals surface area contributed by atoms with Gasteiger partial charge in [0.1, 0.15) is 11.6 Å². The number of nitrogens with zero attached hydrogens (tertiary/aromatic N) is 5. The van der Waals surface area contributed by atoms with E-state index >= 15 is 4.39 Å². The molecule has 0 spiro atoms. The van der Waals surface area contributed by atoms with E-state index in [1.165, 1.54) is 29.3 Å². The lowest BCUT2D eigenvalue weighted by molar-refractivity contribution is 0.0915. The van der Waals surface area contributed by atoms with Crippen molar-refractivity contribution in [1.29, 1.82) is 0 Å². The fraction of sp³-hybridized carbons (Fsp3) is 0.346. The third-order valence-corrected chi connectivity index (χ3v) is 8.67. The van der Waals surface area contributed by atoms with Crippen molar-refractivity contribution in [3.05, 3.63) is 71.4 Å². The van der Waals surface area contributed by atoms with E-state index in [0.717, 1.165) is 47.2 Å². The summed E-state index contributed by atoms with van der Waals surface area (Å²) in [6, 6.07) is 7.31. The van der Waals surface area contributed by atoms with E-state index in [9.17, 15) is 4.79 Å². The normalized spacial score (nSPS) is 15.4. The van der Waals surface area contributed by atoms with E-state index in [0.29, 0.717) is 22.4 Å². The quantitative estimate of drug-likeness (QED) is 0.313. The summed E-state index contributed by atoms with van der Waals surface area (Å²) in [7, 11) is 2.07. The topological polar surface area (TPSA) is 109 Å². The highest BCUT2D eigenvalue weighted by Gasteiger charge is 2.38. The van der Waals surface area contributed by atoms with Crippen LogP contribution in [-0.2, 0) is 5.41 Å². The number of rotatable bonds is 8. The van der Waals surface area contributed by atoms with Gasteiger partial charge in [0.15, 0.2) is 16.6 Å². The summed E-state index contributed by atoms with van der Waals surface area (Å²) in [4.78, 5) is 28.3. The zero-order chi connectivity index (χ0) is 26.7. The summed E-state index contributed by atoms with van der Waals surface area (Å²) in [6.07, 6.45) is 6.45. The van der Waals surface area contributed by atoms with Crippen molar-refractivity contribution in [3.63, 3.8) is 0 Å². The van der Waals surface area contributed by atoms with Crippen molar-refractivity contribution in [2.75, 3.05) is 32.0 Å². The number of carbonyl (C=O) groups excluding carboxylic acids is 1. The Morgan fingerprint density at radius 2 is 1.97 bits per heavy atom. The van der Waals surface area contributed by atoms with E-state index < -0.39 is 11.7 Å². The number of nitrogens with one attached hydrogen (secondary N) is 2.